The summed E-state index contributed by atoms with van der Waals surface area (Å²) in [5, 5.41) is 105. The molecule has 18 heteroatoms. The third-order valence-corrected chi connectivity index (χ3v) is 6.26. The molecule has 1 amide bonds. The number of carboxylic acids is 3. The summed E-state index contributed by atoms with van der Waals surface area (Å²) in [4.78, 5) is 44.3. The number of nitrogens with zero attached hydrogens (tertiary/aromatic N) is 1. The van der Waals surface area contributed by atoms with Crippen molar-refractivity contribution >= 4 is 34.9 Å². The third-order valence-electron chi connectivity index (χ3n) is 5.46. The van der Waals surface area contributed by atoms with E-state index in [-0.39, 0.29) is 21.9 Å². The predicted octanol–water partition coefficient (Wildman–Crippen LogP) is 4.49. The fourth-order valence-electron chi connectivity index (χ4n) is 3.23. The minimum Gasteiger partial charge on any atom is -0.504 e. The lowest BCUT2D eigenvalue weighted by atomic mass is 10.2. The molecule has 0 fully saturated rings. The third kappa shape index (κ3) is 13.6. The standard InChI is InChI=1S/C9H19NOS.3C7H6O5/c1-4-7-10(8-5-2)9(11)12-6-3;3*8-4-1-3(7(11)12)2-5(9)6(4)10/h4-8H2,1-3H3;3*1-2,8-10H,(H,11,12). The molecule has 264 valence electrons. The summed E-state index contributed by atoms with van der Waals surface area (Å²) >= 11 is 1.41. The average molecular weight is 700 g/mol. The Hall–Kier alpha value is -5.91. The van der Waals surface area contributed by atoms with Crippen LogP contribution in [0.25, 0.3) is 0 Å². The molecule has 0 aliphatic carbocycles. The van der Waals surface area contributed by atoms with E-state index in [0.29, 0.717) is 0 Å². The molecule has 3 rings (SSSR count). The van der Waals surface area contributed by atoms with Crippen LogP contribution in [0.1, 0.15) is 64.7 Å². The number of benzene rings is 3. The van der Waals surface area contributed by atoms with Crippen LogP contribution in [0.4, 0.5) is 4.79 Å². The monoisotopic (exact) mass is 699 g/mol. The fraction of sp³-hybridized carbons (Fsp3) is 0.267. The fourth-order valence-corrected chi connectivity index (χ4v) is 3.84. The summed E-state index contributed by atoms with van der Waals surface area (Å²) in [6.45, 7) is 8.02. The lowest BCUT2D eigenvalue weighted by Crippen LogP contribution is -2.29. The Morgan fingerprint density at radius 1 is 0.500 bits per heavy atom. The number of rotatable bonds is 8. The van der Waals surface area contributed by atoms with Gasteiger partial charge in [0.05, 0.1) is 16.7 Å². The number of carbonyl (C=O) groups is 4. The number of thioether (sulfide) groups is 1. The number of phenolic OH excluding ortho intramolecular Hbond substituents is 9. The minimum absolute atomic E-state index is 0.237. The molecule has 12 N–H and O–H groups in total. The maximum atomic E-state index is 11.4. The van der Waals surface area contributed by atoms with E-state index in [1.54, 1.807) is 0 Å². The smallest absolute Gasteiger partial charge is 0.335 e. The van der Waals surface area contributed by atoms with Crippen LogP contribution >= 0.6 is 11.8 Å². The van der Waals surface area contributed by atoms with Crippen molar-refractivity contribution in [3.63, 3.8) is 0 Å². The Morgan fingerprint density at radius 3 is 0.896 bits per heavy atom. The zero-order valence-electron chi connectivity index (χ0n) is 25.9. The van der Waals surface area contributed by atoms with E-state index in [1.165, 1.54) is 11.8 Å². The molecule has 3 aromatic rings. The summed E-state index contributed by atoms with van der Waals surface area (Å²) in [5.74, 6) is -9.12. The molecule has 0 bridgehead atoms. The van der Waals surface area contributed by atoms with Crippen molar-refractivity contribution in [3.8, 4) is 51.7 Å². The van der Waals surface area contributed by atoms with E-state index in [4.69, 9.17) is 61.3 Å². The number of carbonyl (C=O) groups excluding carboxylic acids is 1. The van der Waals surface area contributed by atoms with Crippen LogP contribution in [0, 0.1) is 0 Å². The van der Waals surface area contributed by atoms with E-state index in [0.717, 1.165) is 68.1 Å². The van der Waals surface area contributed by atoms with Gasteiger partial charge in [-0.15, -0.1) is 0 Å². The van der Waals surface area contributed by atoms with Gasteiger partial charge in [-0.25, -0.2) is 14.4 Å². The highest BCUT2D eigenvalue weighted by molar-refractivity contribution is 8.13. The molecule has 0 aliphatic rings. The molecule has 3 aromatic carbocycles. The van der Waals surface area contributed by atoms with Gasteiger partial charge in [0, 0.05) is 13.1 Å². The number of hydrogen-bond donors (Lipinski definition) is 12. The van der Waals surface area contributed by atoms with Crippen LogP contribution in [-0.2, 0) is 0 Å². The highest BCUT2D eigenvalue weighted by Crippen LogP contribution is 2.36. The molecule has 0 radical (unpaired) electrons. The Balaban J connectivity index is 0.000000614. The lowest BCUT2D eigenvalue weighted by molar-refractivity contribution is 0.0685. The molecule has 0 aromatic heterocycles. The molecule has 0 heterocycles. The first-order valence-electron chi connectivity index (χ1n) is 13.7. The van der Waals surface area contributed by atoms with E-state index >= 15 is 0 Å². The number of aromatic hydroxyl groups is 9. The van der Waals surface area contributed by atoms with Crippen LogP contribution in [0.15, 0.2) is 36.4 Å². The van der Waals surface area contributed by atoms with Crippen LogP contribution in [-0.4, -0.2) is 108 Å². The van der Waals surface area contributed by atoms with Crippen LogP contribution in [0.3, 0.4) is 0 Å². The molecule has 0 saturated carbocycles. The maximum Gasteiger partial charge on any atom is 0.335 e. The molecule has 0 aliphatic heterocycles. The quantitative estimate of drug-likeness (QED) is 0.144. The normalized spacial score (nSPS) is 9.73. The first-order valence-corrected chi connectivity index (χ1v) is 14.7. The highest BCUT2D eigenvalue weighted by Gasteiger charge is 2.14. The topological polar surface area (TPSA) is 314 Å². The van der Waals surface area contributed by atoms with E-state index in [9.17, 15) is 19.2 Å². The van der Waals surface area contributed by atoms with Crippen LogP contribution in [0.5, 0.6) is 51.7 Å². The number of amides is 1. The van der Waals surface area contributed by atoms with E-state index in [2.05, 4.69) is 13.8 Å². The van der Waals surface area contributed by atoms with Crippen molar-refractivity contribution in [1.82, 2.24) is 4.90 Å². The van der Waals surface area contributed by atoms with Gasteiger partial charge >= 0.3 is 17.9 Å². The predicted molar refractivity (Wildman–Crippen MR) is 171 cm³/mol. The van der Waals surface area contributed by atoms with Gasteiger partial charge < -0.3 is 66.2 Å². The lowest BCUT2D eigenvalue weighted by Gasteiger charge is -2.20. The molecule has 0 unspecified atom stereocenters. The van der Waals surface area contributed by atoms with Gasteiger partial charge in [-0.05, 0) is 55.0 Å². The first kappa shape index (κ1) is 42.1. The van der Waals surface area contributed by atoms with Gasteiger partial charge in [0.2, 0.25) is 0 Å². The van der Waals surface area contributed by atoms with Gasteiger partial charge in [-0.1, -0.05) is 32.5 Å². The number of phenols is 9. The summed E-state index contributed by atoms with van der Waals surface area (Å²) in [6, 6.07) is 5.07. The number of aromatic carboxylic acids is 3. The van der Waals surface area contributed by atoms with Gasteiger partial charge in [0.1, 0.15) is 0 Å². The molecular formula is C30H37NO16S. The van der Waals surface area contributed by atoms with E-state index in [1.807, 2.05) is 11.8 Å². The van der Waals surface area contributed by atoms with Gasteiger partial charge in [-0.3, -0.25) is 4.79 Å². The Labute approximate surface area is 277 Å². The second kappa shape index (κ2) is 20.3. The molecular weight excluding hydrogens is 662 g/mol. The Morgan fingerprint density at radius 2 is 0.729 bits per heavy atom. The van der Waals surface area contributed by atoms with Crippen molar-refractivity contribution in [3.05, 3.63) is 53.1 Å². The SMILES string of the molecule is CCCN(CCC)C(=O)SCC.O=C(O)c1cc(O)c(O)c(O)c1.O=C(O)c1cc(O)c(O)c(O)c1.O=C(O)c1cc(O)c(O)c(O)c1. The number of carboxylic acid groups (broad SMARTS) is 3. The second-order valence-corrected chi connectivity index (χ2v) is 10.4. The van der Waals surface area contributed by atoms with Gasteiger partial charge in [0.25, 0.3) is 5.24 Å². The number of hydrogen-bond acceptors (Lipinski definition) is 14. The molecule has 0 saturated heterocycles. The van der Waals surface area contributed by atoms with Crippen LogP contribution < -0.4 is 0 Å². The molecule has 48 heavy (non-hydrogen) atoms. The summed E-state index contributed by atoms with van der Waals surface area (Å²) < 4.78 is 0. The molecule has 17 nitrogen and oxygen atoms in total. The van der Waals surface area contributed by atoms with E-state index < -0.39 is 69.7 Å². The largest absolute Gasteiger partial charge is 0.504 e. The summed E-state index contributed by atoms with van der Waals surface area (Å²) in [6.07, 6.45) is 2.10. The summed E-state index contributed by atoms with van der Waals surface area (Å²) in [5.41, 5.74) is -0.867. The van der Waals surface area contributed by atoms with Crippen LogP contribution in [0.2, 0.25) is 0 Å². The van der Waals surface area contributed by atoms with Crippen molar-refractivity contribution in [2.45, 2.75) is 33.6 Å². The van der Waals surface area contributed by atoms with Gasteiger partial charge in [0.15, 0.2) is 51.7 Å². The summed E-state index contributed by atoms with van der Waals surface area (Å²) in [7, 11) is 0. The Bertz CT molecular complexity index is 1340. The maximum absolute atomic E-state index is 11.4. The first-order chi connectivity index (χ1) is 22.3. The van der Waals surface area contributed by atoms with Crippen molar-refractivity contribution in [1.29, 1.82) is 0 Å². The molecule has 0 atom stereocenters. The zero-order chi connectivity index (χ0) is 37.3. The Kier molecular flexibility index (Phi) is 17.8. The average Bonchev–Trinajstić information content (AvgIpc) is 3.01. The van der Waals surface area contributed by atoms with Crippen molar-refractivity contribution in [2.75, 3.05) is 18.8 Å². The van der Waals surface area contributed by atoms with Crippen molar-refractivity contribution < 1.29 is 80.5 Å². The minimum atomic E-state index is -1.29. The molecule has 0 spiro atoms. The van der Waals surface area contributed by atoms with Crippen molar-refractivity contribution in [2.24, 2.45) is 0 Å². The zero-order valence-corrected chi connectivity index (χ0v) is 26.7. The second-order valence-electron chi connectivity index (χ2n) is 9.19. The van der Waals surface area contributed by atoms with Gasteiger partial charge in [-0.2, -0.15) is 0 Å². The highest BCUT2D eigenvalue weighted by atomic mass is 32.2.